The van der Waals surface area contributed by atoms with Crippen molar-refractivity contribution in [2.24, 2.45) is 0 Å². The van der Waals surface area contributed by atoms with Crippen LogP contribution in [0.5, 0.6) is 5.75 Å². The smallest absolute Gasteiger partial charge is 0.402 e. The molecule has 188 valence electrons. The molecule has 12 heteroatoms. The van der Waals surface area contributed by atoms with Crippen LogP contribution in [0.4, 0.5) is 36.2 Å². The fourth-order valence-corrected chi connectivity index (χ4v) is 3.78. The zero-order valence-electron chi connectivity index (χ0n) is 18.8. The average molecular weight is 520 g/mol. The van der Waals surface area contributed by atoms with E-state index in [-0.39, 0.29) is 17.2 Å². The summed E-state index contributed by atoms with van der Waals surface area (Å²) in [6.45, 7) is 5.88. The van der Waals surface area contributed by atoms with Crippen LogP contribution in [-0.4, -0.2) is 48.5 Å². The van der Waals surface area contributed by atoms with Crippen molar-refractivity contribution >= 4 is 40.5 Å². The molecule has 3 aromatic rings. The summed E-state index contributed by atoms with van der Waals surface area (Å²) in [6.07, 6.45) is -2.94. The number of hydrogen-bond acceptors (Lipinski definition) is 7. The van der Waals surface area contributed by atoms with Gasteiger partial charge in [0.1, 0.15) is 5.69 Å². The molecular formula is C24H21ClF3N5O3. The summed E-state index contributed by atoms with van der Waals surface area (Å²) in [7, 11) is 0. The maximum absolute atomic E-state index is 13.1. The van der Waals surface area contributed by atoms with Crippen LogP contribution in [0.1, 0.15) is 0 Å². The molecule has 1 aromatic heterocycles. The Morgan fingerprint density at radius 3 is 2.67 bits per heavy atom. The second kappa shape index (κ2) is 10.8. The molecule has 1 aliphatic rings. The molecule has 2 aromatic carbocycles. The summed E-state index contributed by atoms with van der Waals surface area (Å²) >= 11 is 6.38. The second-order valence-corrected chi connectivity index (χ2v) is 8.03. The molecule has 0 aliphatic carbocycles. The molecule has 1 amide bonds. The first-order chi connectivity index (χ1) is 17.2. The van der Waals surface area contributed by atoms with Gasteiger partial charge in [0.05, 0.1) is 30.1 Å². The highest BCUT2D eigenvalue weighted by molar-refractivity contribution is 6.33. The van der Waals surface area contributed by atoms with Gasteiger partial charge in [-0.3, -0.25) is 4.79 Å². The maximum atomic E-state index is 13.1. The van der Waals surface area contributed by atoms with Crippen LogP contribution >= 0.6 is 11.6 Å². The second-order valence-electron chi connectivity index (χ2n) is 7.62. The third kappa shape index (κ3) is 6.43. The molecule has 1 saturated heterocycles. The molecule has 2 heterocycles. The first kappa shape index (κ1) is 25.3. The Hall–Kier alpha value is -3.83. The normalized spacial score (nSPS) is 13.7. The quantitative estimate of drug-likeness (QED) is 0.404. The van der Waals surface area contributed by atoms with E-state index in [0.29, 0.717) is 42.7 Å². The van der Waals surface area contributed by atoms with E-state index >= 15 is 0 Å². The maximum Gasteiger partial charge on any atom is 0.573 e. The fraction of sp³-hybridized carbons (Fsp3) is 0.208. The van der Waals surface area contributed by atoms with Gasteiger partial charge < -0.3 is 25.0 Å². The van der Waals surface area contributed by atoms with Gasteiger partial charge in [0.25, 0.3) is 0 Å². The number of ether oxygens (including phenoxy) is 2. The lowest BCUT2D eigenvalue weighted by atomic mass is 10.1. The lowest BCUT2D eigenvalue weighted by molar-refractivity contribution is -0.274. The largest absolute Gasteiger partial charge is 0.573 e. The van der Waals surface area contributed by atoms with Gasteiger partial charge in [0.2, 0.25) is 11.9 Å². The minimum atomic E-state index is -4.95. The highest BCUT2D eigenvalue weighted by atomic mass is 35.5. The molecule has 0 radical (unpaired) electrons. The lowest BCUT2D eigenvalue weighted by Crippen LogP contribution is -2.36. The van der Waals surface area contributed by atoms with E-state index in [1.54, 1.807) is 24.3 Å². The summed E-state index contributed by atoms with van der Waals surface area (Å²) < 4.78 is 48.7. The predicted molar refractivity (Wildman–Crippen MR) is 131 cm³/mol. The molecular weight excluding hydrogens is 499 g/mol. The van der Waals surface area contributed by atoms with Gasteiger partial charge in [-0.1, -0.05) is 30.3 Å². The minimum Gasteiger partial charge on any atom is -0.402 e. The zero-order valence-corrected chi connectivity index (χ0v) is 19.6. The van der Waals surface area contributed by atoms with E-state index in [1.165, 1.54) is 12.1 Å². The van der Waals surface area contributed by atoms with Crippen molar-refractivity contribution in [3.8, 4) is 17.0 Å². The van der Waals surface area contributed by atoms with Crippen molar-refractivity contribution in [1.82, 2.24) is 9.97 Å². The SMILES string of the molecule is C=CC(=O)Nc1cccc(-c2nc(Nc3ccc(Cl)c(N4CCOCC4)c3)ncc2OC(F)(F)F)c1. The summed E-state index contributed by atoms with van der Waals surface area (Å²) in [5, 5.41) is 6.12. The van der Waals surface area contributed by atoms with E-state index < -0.39 is 18.0 Å². The Bertz CT molecular complexity index is 1270. The van der Waals surface area contributed by atoms with Crippen LogP contribution in [0, 0.1) is 0 Å². The summed E-state index contributed by atoms with van der Waals surface area (Å²) in [6, 6.07) is 11.4. The molecule has 0 spiro atoms. The van der Waals surface area contributed by atoms with Crippen molar-refractivity contribution in [3.63, 3.8) is 0 Å². The van der Waals surface area contributed by atoms with Gasteiger partial charge in [-0.05, 0) is 36.4 Å². The highest BCUT2D eigenvalue weighted by Gasteiger charge is 2.33. The fourth-order valence-electron chi connectivity index (χ4n) is 3.54. The lowest BCUT2D eigenvalue weighted by Gasteiger charge is -2.30. The van der Waals surface area contributed by atoms with Crippen molar-refractivity contribution in [1.29, 1.82) is 0 Å². The number of hydrogen-bond donors (Lipinski definition) is 2. The average Bonchev–Trinajstić information content (AvgIpc) is 2.86. The van der Waals surface area contributed by atoms with Crippen LogP contribution in [0.3, 0.4) is 0 Å². The monoisotopic (exact) mass is 519 g/mol. The van der Waals surface area contributed by atoms with E-state index in [0.717, 1.165) is 18.0 Å². The molecule has 0 unspecified atom stereocenters. The van der Waals surface area contributed by atoms with Gasteiger partial charge in [0.15, 0.2) is 5.75 Å². The van der Waals surface area contributed by atoms with Crippen LogP contribution in [-0.2, 0) is 9.53 Å². The number of aromatic nitrogens is 2. The number of nitrogens with one attached hydrogen (secondary N) is 2. The van der Waals surface area contributed by atoms with Crippen molar-refractivity contribution in [2.45, 2.75) is 6.36 Å². The van der Waals surface area contributed by atoms with Gasteiger partial charge in [0, 0.05) is 30.0 Å². The first-order valence-corrected chi connectivity index (χ1v) is 11.2. The van der Waals surface area contributed by atoms with Crippen LogP contribution in [0.25, 0.3) is 11.3 Å². The Labute approximate surface area is 209 Å². The summed E-state index contributed by atoms with van der Waals surface area (Å²) in [5.74, 6) is -1.02. The van der Waals surface area contributed by atoms with Crippen LogP contribution in [0.2, 0.25) is 5.02 Å². The van der Waals surface area contributed by atoms with Crippen molar-refractivity contribution < 1.29 is 27.4 Å². The molecule has 0 bridgehead atoms. The topological polar surface area (TPSA) is 88.6 Å². The van der Waals surface area contributed by atoms with E-state index in [9.17, 15) is 18.0 Å². The van der Waals surface area contributed by atoms with Gasteiger partial charge in [-0.2, -0.15) is 0 Å². The van der Waals surface area contributed by atoms with Crippen LogP contribution < -0.4 is 20.3 Å². The molecule has 1 fully saturated rings. The third-order valence-corrected chi connectivity index (χ3v) is 5.44. The van der Waals surface area contributed by atoms with Crippen LogP contribution in [0.15, 0.2) is 61.3 Å². The third-order valence-electron chi connectivity index (χ3n) is 5.12. The Morgan fingerprint density at radius 1 is 1.17 bits per heavy atom. The molecule has 0 saturated carbocycles. The number of nitrogens with zero attached hydrogens (tertiary/aromatic N) is 3. The predicted octanol–water partition coefficient (Wildman–Crippen LogP) is 5.40. The zero-order chi connectivity index (χ0) is 25.7. The molecule has 8 nitrogen and oxygen atoms in total. The number of amides is 1. The highest BCUT2D eigenvalue weighted by Crippen LogP contribution is 2.35. The number of carbonyl (C=O) groups is 1. The van der Waals surface area contributed by atoms with Crippen molar-refractivity contribution in [3.05, 3.63) is 66.3 Å². The summed E-state index contributed by atoms with van der Waals surface area (Å²) in [5.41, 5.74) is 1.86. The van der Waals surface area contributed by atoms with E-state index in [2.05, 4.69) is 36.8 Å². The molecule has 4 rings (SSSR count). The molecule has 36 heavy (non-hydrogen) atoms. The van der Waals surface area contributed by atoms with E-state index in [4.69, 9.17) is 16.3 Å². The Balaban J connectivity index is 1.67. The van der Waals surface area contributed by atoms with Gasteiger partial charge >= 0.3 is 6.36 Å². The Morgan fingerprint density at radius 2 is 1.94 bits per heavy atom. The molecule has 1 aliphatic heterocycles. The molecule has 0 atom stereocenters. The number of carbonyl (C=O) groups excluding carboxylic acids is 1. The van der Waals surface area contributed by atoms with E-state index in [1.807, 2.05) is 6.07 Å². The number of rotatable bonds is 7. The molecule has 2 N–H and O–H groups in total. The number of benzene rings is 2. The first-order valence-electron chi connectivity index (χ1n) is 10.8. The van der Waals surface area contributed by atoms with Gasteiger partial charge in [-0.15, -0.1) is 13.2 Å². The number of halogens is 4. The number of anilines is 4. The number of morpholine rings is 1. The number of alkyl halides is 3. The standard InChI is InChI=1S/C24H21ClF3N5O3/c1-2-21(34)30-16-5-3-4-15(12-16)22-20(36-24(26,27)28)14-29-23(32-22)31-17-6-7-18(25)19(13-17)33-8-10-35-11-9-33/h2-7,12-14H,1,8-11H2,(H,30,34)(H,29,31,32). The summed E-state index contributed by atoms with van der Waals surface area (Å²) in [4.78, 5) is 22.0. The van der Waals surface area contributed by atoms with Crippen molar-refractivity contribution in [2.75, 3.05) is 41.8 Å². The Kier molecular flexibility index (Phi) is 7.61. The van der Waals surface area contributed by atoms with Gasteiger partial charge in [-0.25, -0.2) is 9.97 Å². The minimum absolute atomic E-state index is 0.0373.